The van der Waals surface area contributed by atoms with E-state index in [1.165, 1.54) is 28.0 Å². The van der Waals surface area contributed by atoms with E-state index >= 15 is 0 Å². The van der Waals surface area contributed by atoms with Crippen molar-refractivity contribution < 1.29 is 0 Å². The molecule has 0 unspecified atom stereocenters. The molecule has 1 aliphatic carbocycles. The van der Waals surface area contributed by atoms with Gasteiger partial charge in [0.15, 0.2) is 0 Å². The number of anilines is 1. The fraction of sp³-hybridized carbons (Fsp3) is 0.158. The van der Waals surface area contributed by atoms with Crippen LogP contribution in [0.5, 0.6) is 0 Å². The van der Waals surface area contributed by atoms with E-state index in [4.69, 9.17) is 0 Å². The Hall–Kier alpha value is -2.28. The van der Waals surface area contributed by atoms with Gasteiger partial charge in [-0.1, -0.05) is 49.1 Å². The summed E-state index contributed by atoms with van der Waals surface area (Å²) in [5.74, 6) is 0. The monoisotopic (exact) mass is 263 g/mol. The largest absolute Gasteiger partial charge is 0.361 e. The van der Waals surface area contributed by atoms with Crippen LogP contribution in [0.1, 0.15) is 25.0 Å². The molecule has 0 atom stereocenters. The zero-order valence-corrected chi connectivity index (χ0v) is 12.2. The van der Waals surface area contributed by atoms with Gasteiger partial charge < -0.3 is 5.32 Å². The highest BCUT2D eigenvalue weighted by Crippen LogP contribution is 2.38. The van der Waals surface area contributed by atoms with Gasteiger partial charge in [-0.25, -0.2) is 0 Å². The van der Waals surface area contributed by atoms with Crippen LogP contribution in [0, 0.1) is 0 Å². The summed E-state index contributed by atoms with van der Waals surface area (Å²) >= 11 is 0. The van der Waals surface area contributed by atoms with Crippen molar-refractivity contribution in [1.29, 1.82) is 0 Å². The van der Waals surface area contributed by atoms with Gasteiger partial charge in [0.1, 0.15) is 0 Å². The van der Waals surface area contributed by atoms with Gasteiger partial charge in [-0.05, 0) is 48.3 Å². The van der Waals surface area contributed by atoms with Crippen molar-refractivity contribution in [2.75, 3.05) is 5.32 Å². The fourth-order valence-electron chi connectivity index (χ4n) is 2.52. The number of rotatable bonds is 5. The van der Waals surface area contributed by atoms with Crippen molar-refractivity contribution in [3.05, 3.63) is 84.1 Å². The van der Waals surface area contributed by atoms with Gasteiger partial charge in [-0.2, -0.15) is 0 Å². The minimum Gasteiger partial charge on any atom is -0.361 e. The van der Waals surface area contributed by atoms with Crippen molar-refractivity contribution in [3.63, 3.8) is 0 Å². The lowest BCUT2D eigenvalue weighted by molar-refractivity contribution is 1.24. The van der Waals surface area contributed by atoms with Crippen molar-refractivity contribution in [2.45, 2.75) is 20.3 Å². The quantitative estimate of drug-likeness (QED) is 0.714. The first kappa shape index (κ1) is 14.1. The topological polar surface area (TPSA) is 12.0 Å². The van der Waals surface area contributed by atoms with E-state index in [0.29, 0.717) is 0 Å². The summed E-state index contributed by atoms with van der Waals surface area (Å²) in [5.41, 5.74) is 6.39. The number of benzene rings is 1. The summed E-state index contributed by atoms with van der Waals surface area (Å²) in [7, 11) is 0. The lowest BCUT2D eigenvalue weighted by Gasteiger charge is -2.08. The molecule has 102 valence electrons. The van der Waals surface area contributed by atoms with Crippen LogP contribution in [0.4, 0.5) is 5.69 Å². The number of hydrogen-bond donors (Lipinski definition) is 1. The summed E-state index contributed by atoms with van der Waals surface area (Å²) in [6, 6.07) is 6.38. The van der Waals surface area contributed by atoms with E-state index < -0.39 is 0 Å². The van der Waals surface area contributed by atoms with E-state index in [9.17, 15) is 0 Å². The molecule has 1 heteroatoms. The van der Waals surface area contributed by atoms with Crippen LogP contribution in [0.15, 0.2) is 73.0 Å². The van der Waals surface area contributed by atoms with Crippen LogP contribution in [0.2, 0.25) is 0 Å². The van der Waals surface area contributed by atoms with Crippen LogP contribution < -0.4 is 5.32 Å². The normalized spacial score (nSPS) is 14.7. The molecule has 0 spiro atoms. The highest BCUT2D eigenvalue weighted by Gasteiger charge is 2.20. The Morgan fingerprint density at radius 2 is 2.00 bits per heavy atom. The Kier molecular flexibility index (Phi) is 4.78. The maximum atomic E-state index is 3.95. The van der Waals surface area contributed by atoms with Crippen molar-refractivity contribution >= 4 is 11.3 Å². The van der Waals surface area contributed by atoms with Crippen molar-refractivity contribution in [3.8, 4) is 0 Å². The summed E-state index contributed by atoms with van der Waals surface area (Å²) in [4.78, 5) is 0. The van der Waals surface area contributed by atoms with Crippen molar-refractivity contribution in [1.82, 2.24) is 0 Å². The second-order valence-electron chi connectivity index (χ2n) is 4.68. The number of hydrogen-bond acceptors (Lipinski definition) is 1. The van der Waals surface area contributed by atoms with Gasteiger partial charge in [-0.3, -0.25) is 0 Å². The molecule has 0 saturated heterocycles. The lowest BCUT2D eigenvalue weighted by Crippen LogP contribution is -1.94. The molecule has 1 nitrogen and oxygen atoms in total. The van der Waals surface area contributed by atoms with E-state index in [0.717, 1.165) is 6.42 Å². The van der Waals surface area contributed by atoms with Gasteiger partial charge in [0.25, 0.3) is 0 Å². The SMILES string of the molecule is C=CC1=C(/C=C\C)Cc2c(N/C=C\C=C/C)cccc21. The van der Waals surface area contributed by atoms with Crippen LogP contribution >= 0.6 is 0 Å². The molecule has 1 aromatic rings. The van der Waals surface area contributed by atoms with Gasteiger partial charge >= 0.3 is 0 Å². The predicted molar refractivity (Wildman–Crippen MR) is 89.7 cm³/mol. The third-order valence-electron chi connectivity index (χ3n) is 3.39. The Bertz CT molecular complexity index is 613. The lowest BCUT2D eigenvalue weighted by atomic mass is 10.0. The fourth-order valence-corrected chi connectivity index (χ4v) is 2.52. The van der Waals surface area contributed by atoms with Gasteiger partial charge in [0.2, 0.25) is 0 Å². The Morgan fingerprint density at radius 3 is 2.70 bits per heavy atom. The molecule has 0 saturated carbocycles. The highest BCUT2D eigenvalue weighted by atomic mass is 14.8. The third kappa shape index (κ3) is 2.83. The van der Waals surface area contributed by atoms with Crippen molar-refractivity contribution in [2.24, 2.45) is 0 Å². The molecular weight excluding hydrogens is 242 g/mol. The minimum atomic E-state index is 0.960. The molecule has 0 aromatic heterocycles. The molecule has 1 aliphatic rings. The van der Waals surface area contributed by atoms with E-state index in [2.05, 4.69) is 49.2 Å². The van der Waals surface area contributed by atoms with Crippen LogP contribution in [-0.2, 0) is 6.42 Å². The number of nitrogens with one attached hydrogen (secondary N) is 1. The molecule has 20 heavy (non-hydrogen) atoms. The average molecular weight is 263 g/mol. The molecule has 0 heterocycles. The van der Waals surface area contributed by atoms with E-state index in [-0.39, 0.29) is 0 Å². The smallest absolute Gasteiger partial charge is 0.0421 e. The first-order valence-electron chi connectivity index (χ1n) is 6.96. The third-order valence-corrected chi connectivity index (χ3v) is 3.39. The zero-order valence-electron chi connectivity index (χ0n) is 12.2. The molecular formula is C19H21N. The molecule has 2 rings (SSSR count). The average Bonchev–Trinajstić information content (AvgIpc) is 2.82. The van der Waals surface area contributed by atoms with Crippen LogP contribution in [0.25, 0.3) is 5.57 Å². The maximum absolute atomic E-state index is 3.95. The Labute approximate surface area is 121 Å². The summed E-state index contributed by atoms with van der Waals surface area (Å²) < 4.78 is 0. The maximum Gasteiger partial charge on any atom is 0.0421 e. The zero-order chi connectivity index (χ0) is 14.4. The van der Waals surface area contributed by atoms with E-state index in [1.807, 2.05) is 37.4 Å². The van der Waals surface area contributed by atoms with Gasteiger partial charge in [-0.15, -0.1) is 0 Å². The standard InChI is InChI=1S/C19H21N/c1-4-7-8-13-20-19-12-9-11-17-16(6-3)15(10-5-2)14-18(17)19/h4-13,20H,3,14H2,1-2H3/b7-4-,10-5-,13-8-. The second kappa shape index (κ2) is 6.76. The molecule has 1 aromatic carbocycles. The molecule has 0 radical (unpaired) electrons. The number of fused-ring (bicyclic) bond motifs is 1. The Morgan fingerprint density at radius 1 is 1.15 bits per heavy atom. The first-order valence-corrected chi connectivity index (χ1v) is 6.96. The molecule has 0 amide bonds. The first-order chi connectivity index (χ1) is 9.81. The van der Waals surface area contributed by atoms with Crippen LogP contribution in [-0.4, -0.2) is 0 Å². The Balaban J connectivity index is 2.32. The van der Waals surface area contributed by atoms with E-state index in [1.54, 1.807) is 0 Å². The van der Waals surface area contributed by atoms with Crippen LogP contribution in [0.3, 0.4) is 0 Å². The molecule has 0 aliphatic heterocycles. The summed E-state index contributed by atoms with van der Waals surface area (Å²) in [6.07, 6.45) is 15.2. The second-order valence-corrected chi connectivity index (χ2v) is 4.68. The predicted octanol–water partition coefficient (Wildman–Crippen LogP) is 5.26. The summed E-state index contributed by atoms with van der Waals surface area (Å²) in [6.45, 7) is 8.01. The highest BCUT2D eigenvalue weighted by molar-refractivity contribution is 5.87. The molecule has 0 fully saturated rings. The van der Waals surface area contributed by atoms with Gasteiger partial charge in [0, 0.05) is 18.3 Å². The molecule has 0 bridgehead atoms. The summed E-state index contributed by atoms with van der Waals surface area (Å²) in [5, 5.41) is 3.37. The number of allylic oxidation sites excluding steroid dienone is 8. The van der Waals surface area contributed by atoms with Gasteiger partial charge in [0.05, 0.1) is 0 Å². The molecule has 1 N–H and O–H groups in total. The minimum absolute atomic E-state index is 0.960.